The standard InChI is InChI=1S/C22H15Cl3FN7O/c1-2-14(31-20-18-19(28-8-27-18)29-9-30-20)21-32-15-4-3-13(26)17(25)16(15)22(34)33(21)12-6-10(23)5-11(24)7-12/h3-9,14H,2H2,1H3,(H2,27,28,29,30,31)/t14-/m1/s1. The number of aromatic nitrogens is 6. The van der Waals surface area contributed by atoms with E-state index in [0.717, 1.165) is 0 Å². The van der Waals surface area contributed by atoms with Crippen molar-refractivity contribution in [1.82, 2.24) is 29.5 Å². The minimum Gasteiger partial charge on any atom is -0.358 e. The lowest BCUT2D eigenvalue weighted by molar-refractivity contribution is 0.628. The van der Waals surface area contributed by atoms with Crippen LogP contribution in [0, 0.1) is 5.82 Å². The molecule has 0 spiro atoms. The van der Waals surface area contributed by atoms with Gasteiger partial charge in [0.25, 0.3) is 5.56 Å². The number of halogens is 4. The molecule has 5 aromatic rings. The van der Waals surface area contributed by atoms with E-state index in [1.165, 1.54) is 29.4 Å². The zero-order chi connectivity index (χ0) is 24.0. The Morgan fingerprint density at radius 3 is 2.62 bits per heavy atom. The molecule has 172 valence electrons. The Morgan fingerprint density at radius 2 is 1.88 bits per heavy atom. The molecule has 0 aliphatic carbocycles. The van der Waals surface area contributed by atoms with E-state index in [9.17, 15) is 9.18 Å². The summed E-state index contributed by atoms with van der Waals surface area (Å²) in [5.74, 6) is 0.105. The predicted octanol–water partition coefficient (Wildman–Crippen LogP) is 5.71. The zero-order valence-electron chi connectivity index (χ0n) is 17.5. The van der Waals surface area contributed by atoms with Crippen LogP contribution in [0.2, 0.25) is 15.1 Å². The summed E-state index contributed by atoms with van der Waals surface area (Å²) in [5.41, 5.74) is 1.15. The lowest BCUT2D eigenvalue weighted by Gasteiger charge is -2.22. The monoisotopic (exact) mass is 517 g/mol. The molecule has 0 unspecified atom stereocenters. The molecule has 0 fully saturated rings. The van der Waals surface area contributed by atoms with E-state index in [1.807, 2.05) is 6.92 Å². The van der Waals surface area contributed by atoms with Crippen LogP contribution in [0.5, 0.6) is 0 Å². The number of nitrogens with one attached hydrogen (secondary N) is 2. The van der Waals surface area contributed by atoms with E-state index in [4.69, 9.17) is 39.8 Å². The van der Waals surface area contributed by atoms with Crippen LogP contribution in [0.1, 0.15) is 25.2 Å². The van der Waals surface area contributed by atoms with Crippen molar-refractivity contribution in [2.75, 3.05) is 5.32 Å². The molecule has 1 atom stereocenters. The highest BCUT2D eigenvalue weighted by Gasteiger charge is 2.24. The molecule has 0 amide bonds. The van der Waals surface area contributed by atoms with Crippen LogP contribution in [0.4, 0.5) is 10.2 Å². The molecule has 5 rings (SSSR count). The van der Waals surface area contributed by atoms with E-state index >= 15 is 0 Å². The third kappa shape index (κ3) is 3.85. The van der Waals surface area contributed by atoms with E-state index < -0.39 is 17.4 Å². The van der Waals surface area contributed by atoms with E-state index in [1.54, 1.807) is 18.2 Å². The smallest absolute Gasteiger partial charge is 0.267 e. The van der Waals surface area contributed by atoms with Crippen molar-refractivity contribution in [2.24, 2.45) is 0 Å². The molecule has 0 aliphatic rings. The van der Waals surface area contributed by atoms with Crippen LogP contribution in [-0.4, -0.2) is 29.5 Å². The Morgan fingerprint density at radius 1 is 1.12 bits per heavy atom. The second-order valence-corrected chi connectivity index (χ2v) is 8.67. The lowest BCUT2D eigenvalue weighted by atomic mass is 10.1. The molecule has 12 heteroatoms. The highest BCUT2D eigenvalue weighted by atomic mass is 35.5. The molecule has 3 aromatic heterocycles. The maximum atomic E-state index is 14.2. The fourth-order valence-electron chi connectivity index (χ4n) is 3.77. The van der Waals surface area contributed by atoms with Crippen LogP contribution in [0.15, 0.2) is 47.8 Å². The SMILES string of the molecule is CC[C@@H](Nc1ncnc2nc[nH]c12)c1nc2ccc(F)c(Cl)c2c(=O)n1-c1cc(Cl)cc(Cl)c1. The number of rotatable bonds is 5. The van der Waals surface area contributed by atoms with Crippen molar-refractivity contribution < 1.29 is 4.39 Å². The van der Waals surface area contributed by atoms with Crippen molar-refractivity contribution in [3.63, 3.8) is 0 Å². The predicted molar refractivity (Wildman–Crippen MR) is 131 cm³/mol. The van der Waals surface area contributed by atoms with Gasteiger partial charge < -0.3 is 10.3 Å². The highest BCUT2D eigenvalue weighted by Crippen LogP contribution is 2.30. The normalized spacial score (nSPS) is 12.4. The topological polar surface area (TPSA) is 101 Å². The number of hydrogen-bond donors (Lipinski definition) is 2. The van der Waals surface area contributed by atoms with Crippen molar-refractivity contribution >= 4 is 62.7 Å². The Bertz CT molecular complexity index is 1600. The second kappa shape index (κ2) is 8.83. The molecule has 3 heterocycles. The van der Waals surface area contributed by atoms with Crippen LogP contribution in [0.25, 0.3) is 27.8 Å². The van der Waals surface area contributed by atoms with Gasteiger partial charge in [0.2, 0.25) is 0 Å². The fourth-order valence-corrected chi connectivity index (χ4v) is 4.52. The first kappa shape index (κ1) is 22.5. The molecule has 2 aromatic carbocycles. The number of aromatic amines is 1. The summed E-state index contributed by atoms with van der Waals surface area (Å²) in [6.07, 6.45) is 3.42. The van der Waals surface area contributed by atoms with Gasteiger partial charge in [0.15, 0.2) is 11.5 Å². The van der Waals surface area contributed by atoms with E-state index in [0.29, 0.717) is 45.0 Å². The van der Waals surface area contributed by atoms with E-state index in [2.05, 4.69) is 25.3 Å². The molecule has 0 aliphatic heterocycles. The molecule has 8 nitrogen and oxygen atoms in total. The summed E-state index contributed by atoms with van der Waals surface area (Å²) < 4.78 is 15.6. The summed E-state index contributed by atoms with van der Waals surface area (Å²) in [6.45, 7) is 1.92. The summed E-state index contributed by atoms with van der Waals surface area (Å²) in [5, 5.41) is 3.60. The third-order valence-corrected chi connectivity index (χ3v) is 6.12. The molecular formula is C22H15Cl3FN7O. The van der Waals surface area contributed by atoms with Gasteiger partial charge in [-0.2, -0.15) is 0 Å². The van der Waals surface area contributed by atoms with Gasteiger partial charge >= 0.3 is 0 Å². The average molecular weight is 519 g/mol. The zero-order valence-corrected chi connectivity index (χ0v) is 19.7. The number of nitrogens with zero attached hydrogens (tertiary/aromatic N) is 5. The number of fused-ring (bicyclic) bond motifs is 2. The summed E-state index contributed by atoms with van der Waals surface area (Å²) in [7, 11) is 0. The van der Waals surface area contributed by atoms with Gasteiger partial charge in [-0.3, -0.25) is 9.36 Å². The van der Waals surface area contributed by atoms with E-state index in [-0.39, 0.29) is 15.9 Å². The number of imidazole rings is 1. The van der Waals surface area contributed by atoms with Crippen molar-refractivity contribution in [2.45, 2.75) is 19.4 Å². The molecule has 0 bridgehead atoms. The largest absolute Gasteiger partial charge is 0.358 e. The molecular weight excluding hydrogens is 504 g/mol. The van der Waals surface area contributed by atoms with Crippen LogP contribution in [-0.2, 0) is 0 Å². The van der Waals surface area contributed by atoms with Gasteiger partial charge in [-0.25, -0.2) is 24.3 Å². The van der Waals surface area contributed by atoms with Crippen molar-refractivity contribution in [3.05, 3.63) is 80.0 Å². The van der Waals surface area contributed by atoms with Crippen LogP contribution in [0.3, 0.4) is 0 Å². The maximum absolute atomic E-state index is 14.2. The van der Waals surface area contributed by atoms with Gasteiger partial charge in [0.05, 0.1) is 34.0 Å². The minimum atomic E-state index is -0.718. The van der Waals surface area contributed by atoms with Gasteiger partial charge in [-0.05, 0) is 36.8 Å². The molecule has 0 saturated heterocycles. The summed E-state index contributed by atoms with van der Waals surface area (Å²) in [4.78, 5) is 34.0. The first-order valence-corrected chi connectivity index (χ1v) is 11.3. The highest BCUT2D eigenvalue weighted by molar-refractivity contribution is 6.35. The first-order chi connectivity index (χ1) is 16.4. The molecule has 2 N–H and O–H groups in total. The molecule has 0 radical (unpaired) electrons. The molecule has 0 saturated carbocycles. The quantitative estimate of drug-likeness (QED) is 0.309. The summed E-state index contributed by atoms with van der Waals surface area (Å²) >= 11 is 18.6. The van der Waals surface area contributed by atoms with Crippen LogP contribution < -0.4 is 10.9 Å². The second-order valence-electron chi connectivity index (χ2n) is 7.42. The minimum absolute atomic E-state index is 0.0469. The van der Waals surface area contributed by atoms with Gasteiger partial charge in [0.1, 0.15) is 23.5 Å². The van der Waals surface area contributed by atoms with Crippen LogP contribution >= 0.6 is 34.8 Å². The Balaban J connectivity index is 1.78. The van der Waals surface area contributed by atoms with Crippen molar-refractivity contribution in [3.8, 4) is 5.69 Å². The third-order valence-electron chi connectivity index (χ3n) is 5.31. The summed E-state index contributed by atoms with van der Waals surface area (Å²) in [6, 6.07) is 6.78. The Labute approximate surface area is 206 Å². The van der Waals surface area contributed by atoms with Gasteiger partial charge in [-0.1, -0.05) is 41.7 Å². The lowest BCUT2D eigenvalue weighted by Crippen LogP contribution is -2.28. The first-order valence-electron chi connectivity index (χ1n) is 10.1. The Kier molecular flexibility index (Phi) is 5.85. The fraction of sp³-hybridized carbons (Fsp3) is 0.136. The maximum Gasteiger partial charge on any atom is 0.267 e. The molecule has 34 heavy (non-hydrogen) atoms. The number of anilines is 1. The average Bonchev–Trinajstić information content (AvgIpc) is 3.28. The van der Waals surface area contributed by atoms with Crippen molar-refractivity contribution in [1.29, 1.82) is 0 Å². The number of benzene rings is 2. The van der Waals surface area contributed by atoms with Gasteiger partial charge in [0, 0.05) is 10.0 Å². The Hall–Kier alpha value is -3.27. The number of hydrogen-bond acceptors (Lipinski definition) is 6. The van der Waals surface area contributed by atoms with Gasteiger partial charge in [-0.15, -0.1) is 0 Å². The number of H-pyrrole nitrogens is 1.